The second-order valence-electron chi connectivity index (χ2n) is 5.93. The fraction of sp³-hybridized carbons (Fsp3) is 0.200. The normalized spacial score (nSPS) is 10.4. The lowest BCUT2D eigenvalue weighted by atomic mass is 10.2. The van der Waals surface area contributed by atoms with Gasteiger partial charge in [0, 0.05) is 6.54 Å². The van der Waals surface area contributed by atoms with E-state index in [0.29, 0.717) is 24.6 Å². The van der Waals surface area contributed by atoms with Gasteiger partial charge in [-0.3, -0.25) is 4.79 Å². The van der Waals surface area contributed by atoms with Crippen molar-refractivity contribution in [1.82, 2.24) is 15.5 Å². The molecule has 27 heavy (non-hydrogen) atoms. The number of urea groups is 1. The lowest BCUT2D eigenvalue weighted by Crippen LogP contribution is -2.43. The van der Waals surface area contributed by atoms with E-state index in [1.165, 1.54) is 6.26 Å². The summed E-state index contributed by atoms with van der Waals surface area (Å²) in [6.45, 7) is 0.900. The molecule has 0 spiro atoms. The molecule has 0 saturated heterocycles. The molecule has 140 valence electrons. The molecule has 0 atom stereocenters. The van der Waals surface area contributed by atoms with Crippen molar-refractivity contribution in [2.24, 2.45) is 0 Å². The molecule has 0 radical (unpaired) electrons. The molecule has 2 aromatic heterocycles. The Kier molecular flexibility index (Phi) is 6.30. The Morgan fingerprint density at radius 3 is 2.19 bits per heavy atom. The Morgan fingerprint density at radius 2 is 1.52 bits per heavy atom. The van der Waals surface area contributed by atoms with E-state index in [4.69, 9.17) is 8.83 Å². The summed E-state index contributed by atoms with van der Waals surface area (Å²) in [6, 6.07) is 16.3. The summed E-state index contributed by atoms with van der Waals surface area (Å²) in [6.07, 6.45) is 3.11. The van der Waals surface area contributed by atoms with Crippen LogP contribution in [-0.4, -0.2) is 23.4 Å². The number of carbonyl (C=O) groups excluding carboxylic acids is 2. The number of carbonyl (C=O) groups is 2. The summed E-state index contributed by atoms with van der Waals surface area (Å²) < 4.78 is 10.5. The van der Waals surface area contributed by atoms with Gasteiger partial charge in [-0.15, -0.1) is 0 Å². The molecular weight excluding hydrogens is 346 g/mol. The molecule has 3 aromatic rings. The van der Waals surface area contributed by atoms with Crippen molar-refractivity contribution in [3.8, 4) is 0 Å². The molecule has 0 aliphatic heterocycles. The van der Waals surface area contributed by atoms with Crippen molar-refractivity contribution in [3.63, 3.8) is 0 Å². The lowest BCUT2D eigenvalue weighted by molar-refractivity contribution is -0.131. The number of amides is 3. The molecule has 7 heteroatoms. The van der Waals surface area contributed by atoms with Crippen LogP contribution < -0.4 is 10.6 Å². The Labute approximate surface area is 157 Å². The van der Waals surface area contributed by atoms with Crippen LogP contribution in [-0.2, 0) is 24.4 Å². The highest BCUT2D eigenvalue weighted by Crippen LogP contribution is 2.10. The highest BCUT2D eigenvalue weighted by molar-refractivity contribution is 5.83. The summed E-state index contributed by atoms with van der Waals surface area (Å²) in [5, 5.41) is 5.22. The van der Waals surface area contributed by atoms with Crippen molar-refractivity contribution in [3.05, 3.63) is 84.2 Å². The van der Waals surface area contributed by atoms with Crippen LogP contribution in [0.4, 0.5) is 4.79 Å². The zero-order valence-corrected chi connectivity index (χ0v) is 14.8. The summed E-state index contributed by atoms with van der Waals surface area (Å²) in [7, 11) is 0. The van der Waals surface area contributed by atoms with Crippen LogP contribution in [0.1, 0.15) is 17.1 Å². The molecule has 7 nitrogen and oxygen atoms in total. The third kappa shape index (κ3) is 5.78. The van der Waals surface area contributed by atoms with E-state index in [0.717, 1.165) is 5.56 Å². The number of nitrogens with one attached hydrogen (secondary N) is 2. The van der Waals surface area contributed by atoms with Crippen molar-refractivity contribution in [2.45, 2.75) is 19.6 Å². The maximum absolute atomic E-state index is 12.6. The number of furan rings is 2. The van der Waals surface area contributed by atoms with Gasteiger partial charge in [-0.05, 0) is 29.8 Å². The summed E-state index contributed by atoms with van der Waals surface area (Å²) in [5.74, 6) is 1.12. The first-order chi connectivity index (χ1) is 13.2. The van der Waals surface area contributed by atoms with Crippen LogP contribution >= 0.6 is 0 Å². The third-order valence-electron chi connectivity index (χ3n) is 3.90. The van der Waals surface area contributed by atoms with E-state index in [2.05, 4.69) is 10.6 Å². The molecule has 0 aliphatic carbocycles. The minimum absolute atomic E-state index is 0.114. The fourth-order valence-corrected chi connectivity index (χ4v) is 2.54. The zero-order valence-electron chi connectivity index (χ0n) is 14.8. The Morgan fingerprint density at radius 1 is 0.815 bits per heavy atom. The first kappa shape index (κ1) is 18.3. The Hall–Kier alpha value is -3.48. The minimum Gasteiger partial charge on any atom is -0.467 e. The molecule has 1 aromatic carbocycles. The molecule has 0 bridgehead atoms. The van der Waals surface area contributed by atoms with E-state index in [-0.39, 0.29) is 19.0 Å². The lowest BCUT2D eigenvalue weighted by Gasteiger charge is -2.22. The molecule has 2 N–H and O–H groups in total. The van der Waals surface area contributed by atoms with Gasteiger partial charge >= 0.3 is 6.03 Å². The first-order valence-electron chi connectivity index (χ1n) is 8.59. The fourth-order valence-electron chi connectivity index (χ4n) is 2.54. The van der Waals surface area contributed by atoms with Gasteiger partial charge in [-0.25, -0.2) is 4.79 Å². The van der Waals surface area contributed by atoms with E-state index in [1.54, 1.807) is 29.4 Å². The van der Waals surface area contributed by atoms with E-state index in [1.807, 2.05) is 36.4 Å². The highest BCUT2D eigenvalue weighted by Gasteiger charge is 2.17. The number of benzene rings is 1. The van der Waals surface area contributed by atoms with Crippen LogP contribution in [0.15, 0.2) is 76.0 Å². The zero-order chi connectivity index (χ0) is 18.9. The van der Waals surface area contributed by atoms with Crippen LogP contribution in [0.2, 0.25) is 0 Å². The van der Waals surface area contributed by atoms with Gasteiger partial charge in [0.2, 0.25) is 5.91 Å². The Balaban J connectivity index is 1.54. The predicted octanol–water partition coefficient (Wildman–Crippen LogP) is 2.90. The van der Waals surface area contributed by atoms with Gasteiger partial charge in [0.25, 0.3) is 0 Å². The topological polar surface area (TPSA) is 87.7 Å². The van der Waals surface area contributed by atoms with E-state index >= 15 is 0 Å². The molecule has 3 amide bonds. The average Bonchev–Trinajstić information content (AvgIpc) is 3.38. The van der Waals surface area contributed by atoms with Gasteiger partial charge < -0.3 is 24.4 Å². The molecule has 3 rings (SSSR count). The maximum Gasteiger partial charge on any atom is 0.315 e. The molecule has 0 saturated carbocycles. The van der Waals surface area contributed by atoms with E-state index < -0.39 is 6.03 Å². The summed E-state index contributed by atoms with van der Waals surface area (Å²) >= 11 is 0. The minimum atomic E-state index is -0.433. The van der Waals surface area contributed by atoms with Crippen LogP contribution in [0.3, 0.4) is 0 Å². The van der Waals surface area contributed by atoms with Gasteiger partial charge in [0.05, 0.1) is 32.2 Å². The number of nitrogens with zero attached hydrogens (tertiary/aromatic N) is 1. The van der Waals surface area contributed by atoms with Crippen molar-refractivity contribution >= 4 is 11.9 Å². The second-order valence-corrected chi connectivity index (χ2v) is 5.93. The molecule has 0 unspecified atom stereocenters. The van der Waals surface area contributed by atoms with Crippen molar-refractivity contribution < 1.29 is 18.4 Å². The number of hydrogen-bond acceptors (Lipinski definition) is 4. The van der Waals surface area contributed by atoms with Gasteiger partial charge in [-0.1, -0.05) is 30.3 Å². The smallest absolute Gasteiger partial charge is 0.315 e. The Bertz CT molecular complexity index is 830. The SMILES string of the molecule is O=C(NCC(=O)N(Cc1ccccc1)Cc1ccco1)NCc1ccco1. The highest BCUT2D eigenvalue weighted by atomic mass is 16.3. The molecular formula is C20H21N3O4. The largest absolute Gasteiger partial charge is 0.467 e. The first-order valence-corrected chi connectivity index (χ1v) is 8.59. The second kappa shape index (κ2) is 9.28. The summed E-state index contributed by atoms with van der Waals surface area (Å²) in [4.78, 5) is 26.2. The molecule has 0 fully saturated rings. The maximum atomic E-state index is 12.6. The number of hydrogen-bond donors (Lipinski definition) is 2. The van der Waals surface area contributed by atoms with Gasteiger partial charge in [-0.2, -0.15) is 0 Å². The van der Waals surface area contributed by atoms with Crippen molar-refractivity contribution in [1.29, 1.82) is 0 Å². The van der Waals surface area contributed by atoms with Crippen LogP contribution in [0.25, 0.3) is 0 Å². The van der Waals surface area contributed by atoms with Gasteiger partial charge in [0.1, 0.15) is 11.5 Å². The average molecular weight is 367 g/mol. The van der Waals surface area contributed by atoms with Crippen LogP contribution in [0.5, 0.6) is 0 Å². The standard InChI is InChI=1S/C20H21N3O4/c24-19(13-22-20(25)21-12-17-8-4-10-26-17)23(15-18-9-5-11-27-18)14-16-6-2-1-3-7-16/h1-11H,12-15H2,(H2,21,22,25). The molecule has 0 aliphatic rings. The number of rotatable bonds is 8. The summed E-state index contributed by atoms with van der Waals surface area (Å²) in [5.41, 5.74) is 1.000. The van der Waals surface area contributed by atoms with E-state index in [9.17, 15) is 9.59 Å². The van der Waals surface area contributed by atoms with Crippen LogP contribution in [0, 0.1) is 0 Å². The van der Waals surface area contributed by atoms with Gasteiger partial charge in [0.15, 0.2) is 0 Å². The quantitative estimate of drug-likeness (QED) is 0.641. The molecule has 2 heterocycles. The third-order valence-corrected chi connectivity index (χ3v) is 3.90. The monoisotopic (exact) mass is 367 g/mol. The van der Waals surface area contributed by atoms with Crippen molar-refractivity contribution in [2.75, 3.05) is 6.54 Å². The predicted molar refractivity (Wildman–Crippen MR) is 98.4 cm³/mol.